The van der Waals surface area contributed by atoms with E-state index < -0.39 is 4.92 Å². The van der Waals surface area contributed by atoms with Gasteiger partial charge < -0.3 is 10.9 Å². The molecule has 3 N–H and O–H groups in total. The standard InChI is InChI=1S/C12H9ClN4O3S/c13-10-7(11(14)16-18)5-6-15-12(10)21-9-4-2-1-3-8(9)17(19)20/h1-6,18H,(H2,14,16). The average Bonchev–Trinajstić information content (AvgIpc) is 2.49. The first-order valence-electron chi connectivity index (χ1n) is 5.58. The number of pyridine rings is 1. The van der Waals surface area contributed by atoms with Crippen molar-refractivity contribution in [1.82, 2.24) is 4.98 Å². The third kappa shape index (κ3) is 3.23. The van der Waals surface area contributed by atoms with E-state index in [1.165, 1.54) is 18.3 Å². The Bertz CT molecular complexity index is 723. The minimum atomic E-state index is -0.483. The summed E-state index contributed by atoms with van der Waals surface area (Å²) in [6.07, 6.45) is 1.43. The number of amidine groups is 1. The molecule has 21 heavy (non-hydrogen) atoms. The zero-order valence-corrected chi connectivity index (χ0v) is 12.0. The Morgan fingerprint density at radius 3 is 2.81 bits per heavy atom. The molecule has 0 radical (unpaired) electrons. The fourth-order valence-corrected chi connectivity index (χ4v) is 2.79. The number of nitrogens with two attached hydrogens (primary N) is 1. The van der Waals surface area contributed by atoms with Gasteiger partial charge in [0.15, 0.2) is 5.84 Å². The van der Waals surface area contributed by atoms with Crippen LogP contribution in [0.4, 0.5) is 5.69 Å². The van der Waals surface area contributed by atoms with Crippen LogP contribution in [0, 0.1) is 10.1 Å². The first-order valence-corrected chi connectivity index (χ1v) is 6.77. The summed E-state index contributed by atoms with van der Waals surface area (Å²) in [4.78, 5) is 15.0. The van der Waals surface area contributed by atoms with E-state index in [4.69, 9.17) is 22.5 Å². The van der Waals surface area contributed by atoms with E-state index in [0.29, 0.717) is 15.5 Å². The molecule has 0 amide bonds. The Morgan fingerprint density at radius 1 is 1.43 bits per heavy atom. The summed E-state index contributed by atoms with van der Waals surface area (Å²) in [6.45, 7) is 0. The third-order valence-corrected chi connectivity index (χ3v) is 4.07. The van der Waals surface area contributed by atoms with Gasteiger partial charge in [0.2, 0.25) is 0 Å². The number of hydrogen-bond acceptors (Lipinski definition) is 6. The van der Waals surface area contributed by atoms with Crippen LogP contribution in [0.3, 0.4) is 0 Å². The lowest BCUT2D eigenvalue weighted by atomic mass is 10.2. The molecule has 0 saturated heterocycles. The predicted molar refractivity (Wildman–Crippen MR) is 79.0 cm³/mol. The monoisotopic (exact) mass is 324 g/mol. The number of benzene rings is 1. The number of nitro benzene ring substituents is 1. The van der Waals surface area contributed by atoms with Crippen LogP contribution in [0.1, 0.15) is 5.56 Å². The van der Waals surface area contributed by atoms with E-state index >= 15 is 0 Å². The molecule has 0 aliphatic rings. The van der Waals surface area contributed by atoms with E-state index in [2.05, 4.69) is 10.1 Å². The Kier molecular flexibility index (Phi) is 4.61. The van der Waals surface area contributed by atoms with Gasteiger partial charge in [-0.05, 0) is 12.1 Å². The third-order valence-electron chi connectivity index (χ3n) is 2.51. The fraction of sp³-hybridized carbons (Fsp3) is 0. The molecule has 0 aliphatic heterocycles. The highest BCUT2D eigenvalue weighted by molar-refractivity contribution is 7.99. The highest BCUT2D eigenvalue weighted by Crippen LogP contribution is 2.37. The SMILES string of the molecule is N/C(=N/O)c1ccnc(Sc2ccccc2[N+](=O)[O-])c1Cl. The Balaban J connectivity index is 2.44. The van der Waals surface area contributed by atoms with E-state index in [-0.39, 0.29) is 16.5 Å². The van der Waals surface area contributed by atoms with Gasteiger partial charge in [-0.25, -0.2) is 4.98 Å². The van der Waals surface area contributed by atoms with Gasteiger partial charge in [-0.15, -0.1) is 0 Å². The van der Waals surface area contributed by atoms with Gasteiger partial charge in [-0.1, -0.05) is 40.7 Å². The van der Waals surface area contributed by atoms with Gasteiger partial charge in [0, 0.05) is 17.8 Å². The number of para-hydroxylation sites is 1. The van der Waals surface area contributed by atoms with Crippen molar-refractivity contribution in [2.24, 2.45) is 10.9 Å². The summed E-state index contributed by atoms with van der Waals surface area (Å²) >= 11 is 7.17. The van der Waals surface area contributed by atoms with Crippen molar-refractivity contribution in [3.8, 4) is 0 Å². The highest BCUT2D eigenvalue weighted by Gasteiger charge is 2.17. The van der Waals surface area contributed by atoms with Gasteiger partial charge >= 0.3 is 0 Å². The first kappa shape index (κ1) is 15.1. The van der Waals surface area contributed by atoms with Crippen molar-refractivity contribution >= 4 is 34.9 Å². The number of nitro groups is 1. The molecule has 2 aromatic rings. The van der Waals surface area contributed by atoms with Crippen LogP contribution in [0.2, 0.25) is 5.02 Å². The van der Waals surface area contributed by atoms with E-state index in [9.17, 15) is 10.1 Å². The molecule has 0 unspecified atom stereocenters. The summed E-state index contributed by atoms with van der Waals surface area (Å²) in [5, 5.41) is 23.1. The number of aromatic nitrogens is 1. The maximum atomic E-state index is 11.0. The van der Waals surface area contributed by atoms with E-state index in [1.807, 2.05) is 0 Å². The molecule has 7 nitrogen and oxygen atoms in total. The molecule has 9 heteroatoms. The van der Waals surface area contributed by atoms with Gasteiger partial charge in [0.25, 0.3) is 5.69 Å². The molecule has 1 heterocycles. The van der Waals surface area contributed by atoms with Crippen molar-refractivity contribution < 1.29 is 10.1 Å². The van der Waals surface area contributed by atoms with Crippen LogP contribution in [0.5, 0.6) is 0 Å². The zero-order valence-electron chi connectivity index (χ0n) is 10.4. The highest BCUT2D eigenvalue weighted by atomic mass is 35.5. The molecule has 2 rings (SSSR count). The van der Waals surface area contributed by atoms with Crippen LogP contribution in [0.15, 0.2) is 51.6 Å². The summed E-state index contributed by atoms with van der Waals surface area (Å²) in [5.74, 6) is -0.160. The van der Waals surface area contributed by atoms with Crippen LogP contribution in [0.25, 0.3) is 0 Å². The van der Waals surface area contributed by atoms with Crippen LogP contribution in [-0.2, 0) is 0 Å². The van der Waals surface area contributed by atoms with Crippen LogP contribution < -0.4 is 5.73 Å². The van der Waals surface area contributed by atoms with Crippen molar-refractivity contribution in [1.29, 1.82) is 0 Å². The Labute approximate surface area is 128 Å². The van der Waals surface area contributed by atoms with Gasteiger partial charge in [0.1, 0.15) is 5.03 Å². The summed E-state index contributed by atoms with van der Waals surface area (Å²) < 4.78 is 0. The van der Waals surface area contributed by atoms with Crippen molar-refractivity contribution in [3.05, 3.63) is 57.2 Å². The molecule has 1 aromatic heterocycles. The molecule has 1 aromatic carbocycles. The molecule has 0 bridgehead atoms. The topological polar surface area (TPSA) is 115 Å². The molecular formula is C12H9ClN4O3S. The molecule has 0 fully saturated rings. The molecule has 0 aliphatic carbocycles. The summed E-state index contributed by atoms with van der Waals surface area (Å²) in [7, 11) is 0. The van der Waals surface area contributed by atoms with E-state index in [1.54, 1.807) is 18.2 Å². The lowest BCUT2D eigenvalue weighted by molar-refractivity contribution is -0.387. The minimum Gasteiger partial charge on any atom is -0.409 e. The van der Waals surface area contributed by atoms with Crippen molar-refractivity contribution in [2.45, 2.75) is 9.92 Å². The maximum absolute atomic E-state index is 11.0. The van der Waals surface area contributed by atoms with Gasteiger partial charge in [-0.3, -0.25) is 10.1 Å². The first-order chi connectivity index (χ1) is 10.0. The van der Waals surface area contributed by atoms with Gasteiger partial charge in [0.05, 0.1) is 14.8 Å². The smallest absolute Gasteiger partial charge is 0.283 e. The molecule has 0 spiro atoms. The summed E-state index contributed by atoms with van der Waals surface area (Å²) in [5.41, 5.74) is 5.76. The average molecular weight is 325 g/mol. The summed E-state index contributed by atoms with van der Waals surface area (Å²) in [6, 6.07) is 7.72. The van der Waals surface area contributed by atoms with Crippen LogP contribution in [-0.4, -0.2) is 21.0 Å². The molecule has 0 atom stereocenters. The lowest BCUT2D eigenvalue weighted by Gasteiger charge is -2.07. The quantitative estimate of drug-likeness (QED) is 0.294. The maximum Gasteiger partial charge on any atom is 0.283 e. The Morgan fingerprint density at radius 2 is 2.14 bits per heavy atom. The number of nitrogens with zero attached hydrogens (tertiary/aromatic N) is 3. The lowest BCUT2D eigenvalue weighted by Crippen LogP contribution is -2.14. The zero-order chi connectivity index (χ0) is 15.4. The normalized spacial score (nSPS) is 11.4. The number of rotatable bonds is 4. The second kappa shape index (κ2) is 6.42. The predicted octanol–water partition coefficient (Wildman–Crippen LogP) is 2.89. The number of hydrogen-bond donors (Lipinski definition) is 2. The second-order valence-corrected chi connectivity index (χ2v) is 5.20. The number of oxime groups is 1. The number of halogens is 1. The van der Waals surface area contributed by atoms with Crippen molar-refractivity contribution in [2.75, 3.05) is 0 Å². The fourth-order valence-electron chi connectivity index (χ4n) is 1.55. The van der Waals surface area contributed by atoms with Gasteiger partial charge in [-0.2, -0.15) is 0 Å². The minimum absolute atomic E-state index is 0.0467. The second-order valence-electron chi connectivity index (χ2n) is 3.79. The molecular weight excluding hydrogens is 316 g/mol. The Hall–Kier alpha value is -2.32. The largest absolute Gasteiger partial charge is 0.409 e. The molecule has 0 saturated carbocycles. The van der Waals surface area contributed by atoms with Crippen molar-refractivity contribution in [3.63, 3.8) is 0 Å². The van der Waals surface area contributed by atoms with Crippen LogP contribution >= 0.6 is 23.4 Å². The molecule has 108 valence electrons. The van der Waals surface area contributed by atoms with E-state index in [0.717, 1.165) is 11.8 Å².